The number of nitrogens with zero attached hydrogens (tertiary/aromatic N) is 2. The van der Waals surface area contributed by atoms with E-state index in [0.29, 0.717) is 5.56 Å². The maximum Gasteiger partial charge on any atom is 0.252 e. The monoisotopic (exact) mass is 261 g/mol. The summed E-state index contributed by atoms with van der Waals surface area (Å²) in [5, 5.41) is 0. The van der Waals surface area contributed by atoms with Gasteiger partial charge in [-0.1, -0.05) is 32.1 Å². The Morgan fingerprint density at radius 1 is 1.42 bits per heavy atom. The van der Waals surface area contributed by atoms with E-state index in [1.807, 2.05) is 13.1 Å². The molecular weight excluding hydrogens is 238 g/mol. The number of hydrogen-bond acceptors (Lipinski definition) is 3. The van der Waals surface area contributed by atoms with Crippen molar-refractivity contribution in [3.8, 4) is 0 Å². The third-order valence-electron chi connectivity index (χ3n) is 4.07. The van der Waals surface area contributed by atoms with Crippen LogP contribution in [0.1, 0.15) is 48.9 Å². The Kier molecular flexibility index (Phi) is 4.77. The lowest BCUT2D eigenvalue weighted by molar-refractivity contribution is 0.100. The molecule has 4 nitrogen and oxygen atoms in total. The molecular formula is C15H23N3O. The van der Waals surface area contributed by atoms with Gasteiger partial charge >= 0.3 is 0 Å². The van der Waals surface area contributed by atoms with Gasteiger partial charge in [-0.15, -0.1) is 0 Å². The molecule has 1 aliphatic carbocycles. The number of aromatic nitrogens is 1. The van der Waals surface area contributed by atoms with Gasteiger partial charge in [0.15, 0.2) is 0 Å². The van der Waals surface area contributed by atoms with Gasteiger partial charge < -0.3 is 10.6 Å². The average Bonchev–Trinajstić information content (AvgIpc) is 2.46. The summed E-state index contributed by atoms with van der Waals surface area (Å²) in [6, 6.07) is 1.86. The Bertz CT molecular complexity index is 427. The lowest BCUT2D eigenvalue weighted by Crippen LogP contribution is -2.25. The van der Waals surface area contributed by atoms with Crippen molar-refractivity contribution < 1.29 is 4.79 Å². The van der Waals surface area contributed by atoms with Crippen LogP contribution in [-0.2, 0) is 0 Å². The maximum atomic E-state index is 11.4. The first-order valence-corrected chi connectivity index (χ1v) is 7.13. The first-order chi connectivity index (χ1) is 9.18. The summed E-state index contributed by atoms with van der Waals surface area (Å²) in [7, 11) is 2.02. The molecule has 1 heterocycles. The van der Waals surface area contributed by atoms with E-state index in [1.165, 1.54) is 38.5 Å². The normalized spacial score (nSPS) is 16.3. The molecule has 104 valence electrons. The summed E-state index contributed by atoms with van der Waals surface area (Å²) in [4.78, 5) is 17.5. The minimum Gasteiger partial charge on any atom is -0.374 e. The molecule has 2 N–H and O–H groups in total. The largest absolute Gasteiger partial charge is 0.374 e. The van der Waals surface area contributed by atoms with Crippen LogP contribution in [0.25, 0.3) is 0 Å². The standard InChI is InChI=1S/C15H23N3O/c1-18(10-8-12-5-3-2-4-6-12)14-7-9-17-11-13(14)15(16)19/h7,9,11-12H,2-6,8,10H2,1H3,(H2,16,19). The highest BCUT2D eigenvalue weighted by atomic mass is 16.1. The van der Waals surface area contributed by atoms with Crippen LogP contribution in [0.3, 0.4) is 0 Å². The van der Waals surface area contributed by atoms with E-state index in [1.54, 1.807) is 12.4 Å². The quantitative estimate of drug-likeness (QED) is 0.886. The molecule has 1 aliphatic rings. The molecule has 0 atom stereocenters. The summed E-state index contributed by atoms with van der Waals surface area (Å²) in [5.74, 6) is 0.433. The third-order valence-corrected chi connectivity index (χ3v) is 4.07. The Morgan fingerprint density at radius 2 is 2.16 bits per heavy atom. The lowest BCUT2D eigenvalue weighted by atomic mass is 9.87. The van der Waals surface area contributed by atoms with Crippen molar-refractivity contribution in [1.29, 1.82) is 0 Å². The smallest absolute Gasteiger partial charge is 0.252 e. The molecule has 0 radical (unpaired) electrons. The molecule has 0 aliphatic heterocycles. The molecule has 1 fully saturated rings. The fourth-order valence-electron chi connectivity index (χ4n) is 2.88. The number of primary amides is 1. The SMILES string of the molecule is CN(CCC1CCCCC1)c1ccncc1C(N)=O. The number of rotatable bonds is 5. The Balaban J connectivity index is 1.95. The fourth-order valence-corrected chi connectivity index (χ4v) is 2.88. The molecule has 2 rings (SSSR count). The van der Waals surface area contributed by atoms with E-state index in [-0.39, 0.29) is 0 Å². The van der Waals surface area contributed by atoms with E-state index in [2.05, 4.69) is 9.88 Å². The number of carbonyl (C=O) groups is 1. The van der Waals surface area contributed by atoms with Gasteiger partial charge in [0.1, 0.15) is 0 Å². The van der Waals surface area contributed by atoms with Gasteiger partial charge in [0, 0.05) is 26.0 Å². The van der Waals surface area contributed by atoms with Gasteiger partial charge in [-0.3, -0.25) is 9.78 Å². The van der Waals surface area contributed by atoms with E-state index in [0.717, 1.165) is 18.2 Å². The molecule has 0 bridgehead atoms. The van der Waals surface area contributed by atoms with Gasteiger partial charge in [-0.05, 0) is 18.4 Å². The Hall–Kier alpha value is -1.58. The first kappa shape index (κ1) is 13.8. The van der Waals surface area contributed by atoms with Gasteiger partial charge in [-0.25, -0.2) is 0 Å². The number of hydrogen-bond donors (Lipinski definition) is 1. The summed E-state index contributed by atoms with van der Waals surface area (Å²) in [6.07, 6.45) is 11.3. The first-order valence-electron chi connectivity index (χ1n) is 7.13. The summed E-state index contributed by atoms with van der Waals surface area (Å²) < 4.78 is 0. The highest BCUT2D eigenvalue weighted by Crippen LogP contribution is 2.27. The third kappa shape index (κ3) is 3.69. The number of anilines is 1. The van der Waals surface area contributed by atoms with Crippen molar-refractivity contribution in [2.45, 2.75) is 38.5 Å². The molecule has 1 aromatic heterocycles. The minimum absolute atomic E-state index is 0.410. The second-order valence-electron chi connectivity index (χ2n) is 5.47. The van der Waals surface area contributed by atoms with Crippen LogP contribution in [0.5, 0.6) is 0 Å². The van der Waals surface area contributed by atoms with Crippen molar-refractivity contribution in [2.24, 2.45) is 11.7 Å². The van der Waals surface area contributed by atoms with Crippen LogP contribution in [0.15, 0.2) is 18.5 Å². The summed E-state index contributed by atoms with van der Waals surface area (Å²) >= 11 is 0. The predicted molar refractivity (Wildman–Crippen MR) is 77.2 cm³/mol. The second-order valence-corrected chi connectivity index (χ2v) is 5.47. The van der Waals surface area contributed by atoms with Crippen molar-refractivity contribution in [3.05, 3.63) is 24.0 Å². The number of carbonyl (C=O) groups excluding carboxylic acids is 1. The fraction of sp³-hybridized carbons (Fsp3) is 0.600. The van der Waals surface area contributed by atoms with E-state index in [4.69, 9.17) is 5.73 Å². The molecule has 4 heteroatoms. The maximum absolute atomic E-state index is 11.4. The second kappa shape index (κ2) is 6.55. The van der Waals surface area contributed by atoms with Crippen LogP contribution in [-0.4, -0.2) is 24.5 Å². The molecule has 1 aromatic rings. The van der Waals surface area contributed by atoms with Crippen LogP contribution in [0.4, 0.5) is 5.69 Å². The zero-order chi connectivity index (χ0) is 13.7. The highest BCUT2D eigenvalue weighted by molar-refractivity contribution is 5.98. The summed E-state index contributed by atoms with van der Waals surface area (Å²) in [6.45, 7) is 0.967. The molecule has 0 unspecified atom stereocenters. The van der Waals surface area contributed by atoms with Gasteiger partial charge in [0.25, 0.3) is 5.91 Å². The number of nitrogens with two attached hydrogens (primary N) is 1. The number of amides is 1. The van der Waals surface area contributed by atoms with E-state index >= 15 is 0 Å². The van der Waals surface area contributed by atoms with Crippen LogP contribution in [0, 0.1) is 5.92 Å². The van der Waals surface area contributed by atoms with E-state index < -0.39 is 5.91 Å². The zero-order valence-corrected chi connectivity index (χ0v) is 11.6. The van der Waals surface area contributed by atoms with Crippen LogP contribution >= 0.6 is 0 Å². The van der Waals surface area contributed by atoms with Crippen molar-refractivity contribution >= 4 is 11.6 Å². The van der Waals surface area contributed by atoms with Gasteiger partial charge in [0.05, 0.1) is 11.3 Å². The molecule has 0 aromatic carbocycles. The summed E-state index contributed by atoms with van der Waals surface area (Å²) in [5.41, 5.74) is 6.78. The molecule has 19 heavy (non-hydrogen) atoms. The van der Waals surface area contributed by atoms with Crippen molar-refractivity contribution in [1.82, 2.24) is 4.98 Å². The molecule has 1 amide bonds. The molecule has 1 saturated carbocycles. The zero-order valence-electron chi connectivity index (χ0n) is 11.6. The van der Waals surface area contributed by atoms with Crippen LogP contribution in [0.2, 0.25) is 0 Å². The van der Waals surface area contributed by atoms with Gasteiger partial charge in [-0.2, -0.15) is 0 Å². The Labute approximate surface area is 115 Å². The van der Waals surface area contributed by atoms with Crippen molar-refractivity contribution in [2.75, 3.05) is 18.5 Å². The van der Waals surface area contributed by atoms with Gasteiger partial charge in [0.2, 0.25) is 0 Å². The predicted octanol–water partition coefficient (Wildman–Crippen LogP) is 2.59. The lowest BCUT2D eigenvalue weighted by Gasteiger charge is -2.26. The topological polar surface area (TPSA) is 59.2 Å². The van der Waals surface area contributed by atoms with Crippen molar-refractivity contribution in [3.63, 3.8) is 0 Å². The van der Waals surface area contributed by atoms with E-state index in [9.17, 15) is 4.79 Å². The minimum atomic E-state index is -0.410. The highest BCUT2D eigenvalue weighted by Gasteiger charge is 2.16. The molecule has 0 saturated heterocycles. The Morgan fingerprint density at radius 3 is 2.84 bits per heavy atom. The average molecular weight is 261 g/mol. The molecule has 0 spiro atoms. The number of pyridine rings is 1. The van der Waals surface area contributed by atoms with Crippen LogP contribution < -0.4 is 10.6 Å².